The van der Waals surface area contributed by atoms with Crippen LogP contribution in [0.3, 0.4) is 0 Å². The molecule has 2 aliphatic carbocycles. The number of benzene rings is 1. The van der Waals surface area contributed by atoms with Gasteiger partial charge in [0.1, 0.15) is 0 Å². The predicted octanol–water partition coefficient (Wildman–Crippen LogP) is 4.33. The maximum Gasteiger partial charge on any atom is 0.0178 e. The van der Waals surface area contributed by atoms with Gasteiger partial charge in [0, 0.05) is 10.5 Å². The molecular weight excluding hydrogens is 298 g/mol. The molecule has 0 aliphatic heterocycles. The molecule has 0 saturated heterocycles. The molecule has 1 saturated carbocycles. The maximum absolute atomic E-state index is 3.84. The lowest BCUT2D eigenvalue weighted by atomic mass is 9.88. The van der Waals surface area contributed by atoms with Crippen molar-refractivity contribution >= 4 is 15.9 Å². The summed E-state index contributed by atoms with van der Waals surface area (Å²) in [5.74, 6) is 1.85. The second kappa shape index (κ2) is 5.97. The molecule has 1 aromatic carbocycles. The lowest BCUT2D eigenvalue weighted by molar-refractivity contribution is 0.352. The highest BCUT2D eigenvalue weighted by Crippen LogP contribution is 2.31. The normalized spacial score (nSPS) is 30.3. The first kappa shape index (κ1) is 13.6. The number of hydrogen-bond acceptors (Lipinski definition) is 1. The van der Waals surface area contributed by atoms with E-state index >= 15 is 0 Å². The smallest absolute Gasteiger partial charge is 0.0178 e. The Labute approximate surface area is 125 Å². The Hall–Kier alpha value is -0.340. The number of halogens is 1. The molecule has 0 spiro atoms. The van der Waals surface area contributed by atoms with Crippen molar-refractivity contribution < 1.29 is 0 Å². The first-order chi connectivity index (χ1) is 9.22. The largest absolute Gasteiger partial charge is 0.313 e. The van der Waals surface area contributed by atoms with Crippen molar-refractivity contribution in [3.8, 4) is 0 Å². The van der Waals surface area contributed by atoms with Gasteiger partial charge in [-0.3, -0.25) is 0 Å². The fourth-order valence-corrected chi connectivity index (χ4v) is 4.15. The van der Waals surface area contributed by atoms with E-state index in [0.29, 0.717) is 6.04 Å². The highest BCUT2D eigenvalue weighted by molar-refractivity contribution is 9.10. The number of hydrogen-bond donors (Lipinski definition) is 1. The van der Waals surface area contributed by atoms with Crippen LogP contribution >= 0.6 is 15.9 Å². The maximum atomic E-state index is 3.84. The van der Waals surface area contributed by atoms with Gasteiger partial charge in [-0.1, -0.05) is 41.8 Å². The van der Waals surface area contributed by atoms with Crippen LogP contribution in [0.1, 0.15) is 43.7 Å². The summed E-state index contributed by atoms with van der Waals surface area (Å²) in [4.78, 5) is 0. The molecule has 0 heterocycles. The summed E-state index contributed by atoms with van der Waals surface area (Å²) in [7, 11) is 0. The van der Waals surface area contributed by atoms with Gasteiger partial charge in [0.15, 0.2) is 0 Å². The Morgan fingerprint density at radius 2 is 2.11 bits per heavy atom. The van der Waals surface area contributed by atoms with E-state index in [9.17, 15) is 0 Å². The SMILES string of the molecule is CC1CCCC1CNC1CCc2cc(Br)ccc2C1. The van der Waals surface area contributed by atoms with Crippen molar-refractivity contribution in [2.75, 3.05) is 6.54 Å². The zero-order valence-corrected chi connectivity index (χ0v) is 13.4. The minimum absolute atomic E-state index is 0.696. The Bertz CT molecular complexity index is 443. The van der Waals surface area contributed by atoms with Crippen LogP contribution in [0.4, 0.5) is 0 Å². The summed E-state index contributed by atoms with van der Waals surface area (Å²) in [6, 6.07) is 7.47. The number of rotatable bonds is 3. The molecule has 0 radical (unpaired) electrons. The highest BCUT2D eigenvalue weighted by Gasteiger charge is 2.25. The third-order valence-electron chi connectivity index (χ3n) is 5.10. The molecule has 104 valence electrons. The molecule has 3 rings (SSSR count). The van der Waals surface area contributed by atoms with Gasteiger partial charge in [-0.15, -0.1) is 0 Å². The van der Waals surface area contributed by atoms with Crippen LogP contribution in [0.15, 0.2) is 22.7 Å². The van der Waals surface area contributed by atoms with Crippen molar-refractivity contribution in [3.63, 3.8) is 0 Å². The molecule has 0 bridgehead atoms. The van der Waals surface area contributed by atoms with Crippen LogP contribution in [0.25, 0.3) is 0 Å². The van der Waals surface area contributed by atoms with Crippen LogP contribution in [0.2, 0.25) is 0 Å². The zero-order chi connectivity index (χ0) is 13.2. The summed E-state index contributed by atoms with van der Waals surface area (Å²) < 4.78 is 1.22. The monoisotopic (exact) mass is 321 g/mol. The summed E-state index contributed by atoms with van der Waals surface area (Å²) in [6.45, 7) is 3.66. The zero-order valence-electron chi connectivity index (χ0n) is 11.8. The predicted molar refractivity (Wildman–Crippen MR) is 84.5 cm³/mol. The standard InChI is InChI=1S/C17H24BrN/c1-12-3-2-4-15(12)11-19-17-8-6-13-9-16(18)7-5-14(13)10-17/h5,7,9,12,15,17,19H,2-4,6,8,10-11H2,1H3. The van der Waals surface area contributed by atoms with Crippen molar-refractivity contribution in [1.29, 1.82) is 0 Å². The fourth-order valence-electron chi connectivity index (χ4n) is 3.74. The van der Waals surface area contributed by atoms with Gasteiger partial charge in [0.2, 0.25) is 0 Å². The Balaban J connectivity index is 1.55. The van der Waals surface area contributed by atoms with Gasteiger partial charge in [0.25, 0.3) is 0 Å². The molecule has 1 fully saturated rings. The third-order valence-corrected chi connectivity index (χ3v) is 5.60. The Morgan fingerprint density at radius 1 is 1.21 bits per heavy atom. The van der Waals surface area contributed by atoms with Crippen LogP contribution in [-0.4, -0.2) is 12.6 Å². The third kappa shape index (κ3) is 3.22. The molecule has 1 N–H and O–H groups in total. The minimum atomic E-state index is 0.696. The van der Waals surface area contributed by atoms with E-state index in [4.69, 9.17) is 0 Å². The van der Waals surface area contributed by atoms with Gasteiger partial charge in [-0.2, -0.15) is 0 Å². The number of nitrogens with one attached hydrogen (secondary N) is 1. The molecule has 0 amide bonds. The van der Waals surface area contributed by atoms with E-state index in [1.54, 1.807) is 11.1 Å². The lowest BCUT2D eigenvalue weighted by Crippen LogP contribution is -2.38. The average molecular weight is 322 g/mol. The van der Waals surface area contributed by atoms with E-state index in [2.05, 4.69) is 46.4 Å². The highest BCUT2D eigenvalue weighted by atomic mass is 79.9. The molecule has 1 aromatic rings. The second-order valence-electron chi connectivity index (χ2n) is 6.43. The topological polar surface area (TPSA) is 12.0 Å². The Morgan fingerprint density at radius 3 is 2.89 bits per heavy atom. The average Bonchev–Trinajstić information content (AvgIpc) is 2.82. The van der Waals surface area contributed by atoms with Crippen LogP contribution in [0.5, 0.6) is 0 Å². The van der Waals surface area contributed by atoms with Gasteiger partial charge in [-0.25, -0.2) is 0 Å². The van der Waals surface area contributed by atoms with E-state index in [1.165, 1.54) is 49.5 Å². The molecule has 2 heteroatoms. The first-order valence-corrected chi connectivity index (χ1v) is 8.52. The van der Waals surface area contributed by atoms with Crippen molar-refractivity contribution in [1.82, 2.24) is 5.32 Å². The van der Waals surface area contributed by atoms with Gasteiger partial charge in [-0.05, 0) is 67.3 Å². The number of aryl methyl sites for hydroxylation is 1. The number of fused-ring (bicyclic) bond motifs is 1. The van der Waals surface area contributed by atoms with Crippen molar-refractivity contribution in [2.24, 2.45) is 11.8 Å². The van der Waals surface area contributed by atoms with Crippen molar-refractivity contribution in [3.05, 3.63) is 33.8 Å². The van der Waals surface area contributed by atoms with Gasteiger partial charge in [0.05, 0.1) is 0 Å². The van der Waals surface area contributed by atoms with Crippen LogP contribution in [-0.2, 0) is 12.8 Å². The lowest BCUT2D eigenvalue weighted by Gasteiger charge is -2.28. The molecule has 3 unspecified atom stereocenters. The van der Waals surface area contributed by atoms with Gasteiger partial charge < -0.3 is 5.32 Å². The van der Waals surface area contributed by atoms with E-state index < -0.39 is 0 Å². The summed E-state index contributed by atoms with van der Waals surface area (Å²) >= 11 is 3.57. The van der Waals surface area contributed by atoms with Crippen LogP contribution in [0, 0.1) is 11.8 Å². The van der Waals surface area contributed by atoms with Crippen molar-refractivity contribution in [2.45, 2.75) is 51.5 Å². The first-order valence-electron chi connectivity index (χ1n) is 7.73. The minimum Gasteiger partial charge on any atom is -0.313 e. The van der Waals surface area contributed by atoms with E-state index in [1.807, 2.05) is 0 Å². The quantitative estimate of drug-likeness (QED) is 0.873. The summed E-state index contributed by atoms with van der Waals surface area (Å²) in [5, 5.41) is 3.84. The molecular formula is C17H24BrN. The molecule has 2 aliphatic rings. The summed E-state index contributed by atoms with van der Waals surface area (Å²) in [6.07, 6.45) is 8.05. The van der Waals surface area contributed by atoms with Crippen LogP contribution < -0.4 is 5.32 Å². The Kier molecular flexibility index (Phi) is 4.28. The molecule has 1 nitrogen and oxygen atoms in total. The van der Waals surface area contributed by atoms with E-state index in [0.717, 1.165) is 11.8 Å². The molecule has 3 atom stereocenters. The molecule has 19 heavy (non-hydrogen) atoms. The van der Waals surface area contributed by atoms with Gasteiger partial charge >= 0.3 is 0 Å². The fraction of sp³-hybridized carbons (Fsp3) is 0.647. The second-order valence-corrected chi connectivity index (χ2v) is 7.34. The van der Waals surface area contributed by atoms with E-state index in [-0.39, 0.29) is 0 Å². The molecule has 0 aromatic heterocycles. The summed E-state index contributed by atoms with van der Waals surface area (Å²) in [5.41, 5.74) is 3.09.